The average Bonchev–Trinajstić information content (AvgIpc) is 2.53. The fourth-order valence-corrected chi connectivity index (χ4v) is 3.10. The van der Waals surface area contributed by atoms with Crippen molar-refractivity contribution in [3.8, 4) is 0 Å². The summed E-state index contributed by atoms with van der Waals surface area (Å²) >= 11 is 0. The van der Waals surface area contributed by atoms with Gasteiger partial charge in [0.15, 0.2) is 0 Å². The molecule has 1 aliphatic carbocycles. The van der Waals surface area contributed by atoms with Crippen molar-refractivity contribution in [2.24, 2.45) is 5.92 Å². The minimum atomic E-state index is -0.407. The summed E-state index contributed by atoms with van der Waals surface area (Å²) in [5, 5.41) is 8.10. The van der Waals surface area contributed by atoms with Gasteiger partial charge in [0.25, 0.3) is 17.0 Å². The third kappa shape index (κ3) is 2.68. The summed E-state index contributed by atoms with van der Waals surface area (Å²) in [6.45, 7) is 2.15. The van der Waals surface area contributed by atoms with E-state index >= 15 is 0 Å². The zero-order chi connectivity index (χ0) is 15.7. The molecule has 0 spiro atoms. The first-order chi connectivity index (χ1) is 10.6. The molecule has 6 nitrogen and oxygen atoms in total. The van der Waals surface area contributed by atoms with Gasteiger partial charge in [0.05, 0.1) is 10.8 Å². The smallest absolute Gasteiger partial charge is 0.270 e. The van der Waals surface area contributed by atoms with Crippen molar-refractivity contribution in [1.29, 1.82) is 0 Å². The quantitative estimate of drug-likeness (QED) is 0.785. The average molecular weight is 301 g/mol. The molecular formula is C16H19N3O3. The molecule has 1 aliphatic rings. The maximum Gasteiger partial charge on any atom is 0.270 e. The molecule has 0 unspecified atom stereocenters. The second-order valence-electron chi connectivity index (χ2n) is 6.01. The molecule has 0 bridgehead atoms. The molecule has 0 saturated heterocycles. The zero-order valence-electron chi connectivity index (χ0n) is 12.4. The summed E-state index contributed by atoms with van der Waals surface area (Å²) in [6.07, 6.45) is 4.45. The molecule has 1 amide bonds. The van der Waals surface area contributed by atoms with Crippen LogP contribution in [0.2, 0.25) is 0 Å². The van der Waals surface area contributed by atoms with E-state index in [-0.39, 0.29) is 28.3 Å². The van der Waals surface area contributed by atoms with Crippen molar-refractivity contribution >= 4 is 16.7 Å². The normalized spacial score (nSPS) is 21.7. The topological polar surface area (TPSA) is 94.8 Å². The molecule has 0 aliphatic heterocycles. The van der Waals surface area contributed by atoms with E-state index in [4.69, 9.17) is 0 Å². The van der Waals surface area contributed by atoms with Crippen LogP contribution in [0.15, 0.2) is 27.8 Å². The molecule has 3 N–H and O–H groups in total. The first-order valence-corrected chi connectivity index (χ1v) is 7.62. The van der Waals surface area contributed by atoms with Gasteiger partial charge in [0.2, 0.25) is 0 Å². The molecule has 1 heterocycles. The van der Waals surface area contributed by atoms with Gasteiger partial charge in [-0.15, -0.1) is 0 Å². The molecule has 2 aromatic rings. The summed E-state index contributed by atoms with van der Waals surface area (Å²) in [4.78, 5) is 35.8. The van der Waals surface area contributed by atoms with Crippen LogP contribution < -0.4 is 16.4 Å². The van der Waals surface area contributed by atoms with Gasteiger partial charge >= 0.3 is 0 Å². The number of hydrogen-bond donors (Lipinski definition) is 3. The Hall–Kier alpha value is -2.37. The first kappa shape index (κ1) is 14.6. The molecule has 22 heavy (non-hydrogen) atoms. The Morgan fingerprint density at radius 1 is 1.09 bits per heavy atom. The van der Waals surface area contributed by atoms with Gasteiger partial charge in [0.1, 0.15) is 0 Å². The van der Waals surface area contributed by atoms with Crippen LogP contribution in [0.5, 0.6) is 0 Å². The van der Waals surface area contributed by atoms with Gasteiger partial charge in [-0.1, -0.05) is 19.8 Å². The Bertz CT molecular complexity index is 821. The fraction of sp³-hybridized carbons (Fsp3) is 0.438. The highest BCUT2D eigenvalue weighted by atomic mass is 16.2. The molecule has 0 radical (unpaired) electrons. The lowest BCUT2D eigenvalue weighted by Crippen LogP contribution is -2.41. The van der Waals surface area contributed by atoms with E-state index < -0.39 is 5.56 Å². The van der Waals surface area contributed by atoms with Crippen LogP contribution in [0, 0.1) is 5.92 Å². The molecule has 116 valence electrons. The zero-order valence-corrected chi connectivity index (χ0v) is 12.4. The van der Waals surface area contributed by atoms with Gasteiger partial charge in [-0.05, 0) is 37.0 Å². The van der Waals surface area contributed by atoms with E-state index in [1.165, 1.54) is 18.6 Å². The van der Waals surface area contributed by atoms with Crippen LogP contribution in [0.1, 0.15) is 43.0 Å². The number of rotatable bonds is 2. The van der Waals surface area contributed by atoms with Gasteiger partial charge in [-0.2, -0.15) is 0 Å². The van der Waals surface area contributed by atoms with Crippen LogP contribution in [0.4, 0.5) is 0 Å². The number of aromatic amines is 2. The molecule has 1 saturated carbocycles. The minimum absolute atomic E-state index is 0.175. The van der Waals surface area contributed by atoms with Gasteiger partial charge in [-0.3, -0.25) is 24.6 Å². The standard InChI is InChI=1S/C16H19N3O3/c1-9-4-2-3-5-13(9)17-14(20)10-6-7-11-12(8-10)16(22)19-18-15(11)21/h6-9,13H,2-5H2,1H3,(H,17,20)(H,18,21)(H,19,22)/t9-,13+/m0/s1. The number of carbonyl (C=O) groups is 1. The predicted octanol–water partition coefficient (Wildman–Crippen LogP) is 1.52. The van der Waals surface area contributed by atoms with Crippen LogP contribution >= 0.6 is 0 Å². The van der Waals surface area contributed by atoms with Gasteiger partial charge < -0.3 is 5.32 Å². The Balaban J connectivity index is 1.90. The highest BCUT2D eigenvalue weighted by Crippen LogP contribution is 2.24. The summed E-state index contributed by atoms with van der Waals surface area (Å²) in [5.74, 6) is 0.268. The van der Waals surface area contributed by atoms with Crippen molar-refractivity contribution in [2.75, 3.05) is 0 Å². The largest absolute Gasteiger partial charge is 0.349 e. The van der Waals surface area contributed by atoms with E-state index in [9.17, 15) is 14.4 Å². The molecule has 1 aromatic heterocycles. The SMILES string of the molecule is C[C@H]1CCCC[C@H]1NC(=O)c1ccc2c(=O)[nH][nH]c(=O)c2c1. The van der Waals surface area contributed by atoms with Crippen molar-refractivity contribution in [1.82, 2.24) is 15.5 Å². The molecule has 1 fully saturated rings. The number of benzene rings is 1. The lowest BCUT2D eigenvalue weighted by atomic mass is 9.86. The van der Waals surface area contributed by atoms with Gasteiger partial charge in [-0.25, -0.2) is 0 Å². The monoisotopic (exact) mass is 301 g/mol. The van der Waals surface area contributed by atoms with Crippen molar-refractivity contribution < 1.29 is 4.79 Å². The van der Waals surface area contributed by atoms with Crippen molar-refractivity contribution in [3.63, 3.8) is 0 Å². The molecule has 3 rings (SSSR count). The molecule has 2 atom stereocenters. The molecule has 6 heteroatoms. The summed E-state index contributed by atoms with van der Waals surface area (Å²) in [6, 6.07) is 4.75. The summed E-state index contributed by atoms with van der Waals surface area (Å²) < 4.78 is 0. The molecular weight excluding hydrogens is 282 g/mol. The summed E-state index contributed by atoms with van der Waals surface area (Å²) in [7, 11) is 0. The van der Waals surface area contributed by atoms with Crippen LogP contribution in [0.3, 0.4) is 0 Å². The van der Waals surface area contributed by atoms with Crippen LogP contribution in [-0.4, -0.2) is 22.1 Å². The van der Waals surface area contributed by atoms with Crippen LogP contribution in [-0.2, 0) is 0 Å². The fourth-order valence-electron chi connectivity index (χ4n) is 3.10. The second kappa shape index (κ2) is 5.79. The number of hydrogen-bond acceptors (Lipinski definition) is 3. The Kier molecular flexibility index (Phi) is 3.83. The number of amides is 1. The maximum atomic E-state index is 12.4. The van der Waals surface area contributed by atoms with E-state index in [1.807, 2.05) is 0 Å². The number of fused-ring (bicyclic) bond motifs is 1. The third-order valence-electron chi connectivity index (χ3n) is 4.49. The lowest BCUT2D eigenvalue weighted by molar-refractivity contribution is 0.0910. The lowest BCUT2D eigenvalue weighted by Gasteiger charge is -2.29. The third-order valence-corrected chi connectivity index (χ3v) is 4.49. The second-order valence-corrected chi connectivity index (χ2v) is 6.01. The first-order valence-electron chi connectivity index (χ1n) is 7.62. The molecule has 1 aromatic carbocycles. The number of carbonyl (C=O) groups excluding carboxylic acids is 1. The number of nitrogens with one attached hydrogen (secondary N) is 3. The maximum absolute atomic E-state index is 12.4. The predicted molar refractivity (Wildman–Crippen MR) is 84.1 cm³/mol. The van der Waals surface area contributed by atoms with E-state index in [2.05, 4.69) is 22.4 Å². The van der Waals surface area contributed by atoms with Crippen LogP contribution in [0.25, 0.3) is 10.8 Å². The highest BCUT2D eigenvalue weighted by molar-refractivity contribution is 5.98. The highest BCUT2D eigenvalue weighted by Gasteiger charge is 2.23. The Morgan fingerprint density at radius 3 is 2.50 bits per heavy atom. The Labute approximate surface area is 126 Å². The summed E-state index contributed by atoms with van der Waals surface area (Å²) in [5.41, 5.74) is -0.376. The number of aromatic nitrogens is 2. The van der Waals surface area contributed by atoms with Crippen molar-refractivity contribution in [3.05, 3.63) is 44.5 Å². The number of H-pyrrole nitrogens is 2. The van der Waals surface area contributed by atoms with E-state index in [0.29, 0.717) is 11.5 Å². The van der Waals surface area contributed by atoms with Gasteiger partial charge in [0, 0.05) is 11.6 Å². The Morgan fingerprint density at radius 2 is 1.77 bits per heavy atom. The van der Waals surface area contributed by atoms with E-state index in [0.717, 1.165) is 19.3 Å². The van der Waals surface area contributed by atoms with Crippen molar-refractivity contribution in [2.45, 2.75) is 38.6 Å². The van der Waals surface area contributed by atoms with E-state index in [1.54, 1.807) is 6.07 Å². The minimum Gasteiger partial charge on any atom is -0.349 e.